The average Bonchev–Trinajstić information content (AvgIpc) is 1.85. The SMILES string of the molecule is O=C(CCO)NCC(O)O. The number of rotatable bonds is 4. The third kappa shape index (κ3) is 5.49. The van der Waals surface area contributed by atoms with Gasteiger partial charge in [-0.1, -0.05) is 0 Å². The summed E-state index contributed by atoms with van der Waals surface area (Å²) in [4.78, 5) is 10.5. The highest BCUT2D eigenvalue weighted by Crippen LogP contribution is 1.76. The molecule has 4 N–H and O–H groups in total. The summed E-state index contributed by atoms with van der Waals surface area (Å²) >= 11 is 0. The van der Waals surface area contributed by atoms with E-state index in [1.807, 2.05) is 0 Å². The van der Waals surface area contributed by atoms with Crippen molar-refractivity contribution in [1.82, 2.24) is 5.32 Å². The van der Waals surface area contributed by atoms with Gasteiger partial charge in [-0.15, -0.1) is 0 Å². The molecule has 5 nitrogen and oxygen atoms in total. The van der Waals surface area contributed by atoms with Crippen LogP contribution in [0.4, 0.5) is 0 Å². The number of aliphatic hydroxyl groups is 3. The highest BCUT2D eigenvalue weighted by atomic mass is 16.5. The molecule has 0 saturated carbocycles. The zero-order chi connectivity index (χ0) is 7.98. The fourth-order valence-electron chi connectivity index (χ4n) is 0.395. The zero-order valence-corrected chi connectivity index (χ0v) is 5.45. The number of hydrogen-bond donors (Lipinski definition) is 4. The number of amides is 1. The van der Waals surface area contributed by atoms with E-state index < -0.39 is 12.2 Å². The normalized spacial score (nSPS) is 10.0. The van der Waals surface area contributed by atoms with Gasteiger partial charge in [-0.3, -0.25) is 4.79 Å². The number of hydrogen-bond acceptors (Lipinski definition) is 4. The molecule has 0 heterocycles. The third-order valence-corrected chi connectivity index (χ3v) is 0.821. The molecule has 5 heteroatoms. The summed E-state index contributed by atoms with van der Waals surface area (Å²) in [5, 5.41) is 26.9. The van der Waals surface area contributed by atoms with Gasteiger partial charge < -0.3 is 20.6 Å². The van der Waals surface area contributed by atoms with Crippen molar-refractivity contribution >= 4 is 5.91 Å². The number of carbonyl (C=O) groups excluding carboxylic acids is 1. The van der Waals surface area contributed by atoms with Crippen molar-refractivity contribution in [3.05, 3.63) is 0 Å². The lowest BCUT2D eigenvalue weighted by atomic mass is 10.4. The van der Waals surface area contributed by atoms with Crippen molar-refractivity contribution in [1.29, 1.82) is 0 Å². The van der Waals surface area contributed by atoms with Crippen LogP contribution in [0.3, 0.4) is 0 Å². The standard InChI is InChI=1S/C5H11NO4/c7-2-1-4(8)6-3-5(9)10/h5,7,9-10H,1-3H2,(H,6,8). The molecule has 0 aromatic carbocycles. The quantitative estimate of drug-likeness (QED) is 0.341. The molecular formula is C5H11NO4. The minimum atomic E-state index is -1.53. The lowest BCUT2D eigenvalue weighted by molar-refractivity contribution is -0.124. The molecule has 1 amide bonds. The van der Waals surface area contributed by atoms with E-state index in [2.05, 4.69) is 5.32 Å². The van der Waals surface area contributed by atoms with Gasteiger partial charge in [-0.25, -0.2) is 0 Å². The Labute approximate surface area is 58.3 Å². The van der Waals surface area contributed by atoms with Gasteiger partial charge in [0, 0.05) is 6.42 Å². The van der Waals surface area contributed by atoms with Crippen LogP contribution < -0.4 is 5.32 Å². The second-order valence-electron chi connectivity index (χ2n) is 1.76. The number of nitrogens with one attached hydrogen (secondary N) is 1. The van der Waals surface area contributed by atoms with Crippen molar-refractivity contribution in [2.24, 2.45) is 0 Å². The highest BCUT2D eigenvalue weighted by molar-refractivity contribution is 5.75. The first kappa shape index (κ1) is 9.35. The molecule has 0 fully saturated rings. The Balaban J connectivity index is 3.22. The molecule has 0 aromatic rings. The van der Waals surface area contributed by atoms with Crippen molar-refractivity contribution in [2.45, 2.75) is 12.7 Å². The summed E-state index contributed by atoms with van der Waals surface area (Å²) in [5.41, 5.74) is 0. The molecule has 0 rings (SSSR count). The van der Waals surface area contributed by atoms with E-state index in [4.69, 9.17) is 15.3 Å². The summed E-state index contributed by atoms with van der Waals surface area (Å²) in [5.74, 6) is -0.393. The molecule has 0 spiro atoms. The second-order valence-corrected chi connectivity index (χ2v) is 1.76. The van der Waals surface area contributed by atoms with Crippen LogP contribution in [0, 0.1) is 0 Å². The van der Waals surface area contributed by atoms with Gasteiger partial charge in [0.15, 0.2) is 6.29 Å². The van der Waals surface area contributed by atoms with Crippen molar-refractivity contribution in [2.75, 3.05) is 13.2 Å². The molecule has 0 radical (unpaired) electrons. The minimum absolute atomic E-state index is 0.00722. The largest absolute Gasteiger partial charge is 0.396 e. The maximum absolute atomic E-state index is 10.5. The lowest BCUT2D eigenvalue weighted by Gasteiger charge is -2.04. The van der Waals surface area contributed by atoms with Gasteiger partial charge in [0.2, 0.25) is 5.91 Å². The van der Waals surface area contributed by atoms with E-state index >= 15 is 0 Å². The Morgan fingerprint density at radius 2 is 2.10 bits per heavy atom. The smallest absolute Gasteiger partial charge is 0.222 e. The fourth-order valence-corrected chi connectivity index (χ4v) is 0.395. The Hall–Kier alpha value is -0.650. The molecule has 0 aliphatic rings. The Morgan fingerprint density at radius 3 is 2.50 bits per heavy atom. The molecule has 0 aliphatic carbocycles. The van der Waals surface area contributed by atoms with Gasteiger partial charge in [-0.2, -0.15) is 0 Å². The molecule has 0 unspecified atom stereocenters. The van der Waals surface area contributed by atoms with Crippen molar-refractivity contribution < 1.29 is 20.1 Å². The maximum Gasteiger partial charge on any atom is 0.222 e. The molecule has 0 bridgehead atoms. The van der Waals surface area contributed by atoms with Gasteiger partial charge in [-0.05, 0) is 0 Å². The van der Waals surface area contributed by atoms with E-state index in [1.54, 1.807) is 0 Å². The van der Waals surface area contributed by atoms with E-state index in [1.165, 1.54) is 0 Å². The maximum atomic E-state index is 10.5. The minimum Gasteiger partial charge on any atom is -0.396 e. The topological polar surface area (TPSA) is 89.8 Å². The highest BCUT2D eigenvalue weighted by Gasteiger charge is 2.01. The van der Waals surface area contributed by atoms with Gasteiger partial charge in [0.25, 0.3) is 0 Å². The monoisotopic (exact) mass is 149 g/mol. The molecule has 10 heavy (non-hydrogen) atoms. The van der Waals surface area contributed by atoms with E-state index in [0.717, 1.165) is 0 Å². The van der Waals surface area contributed by atoms with Crippen molar-refractivity contribution in [3.63, 3.8) is 0 Å². The van der Waals surface area contributed by atoms with Crippen molar-refractivity contribution in [3.8, 4) is 0 Å². The Kier molecular flexibility index (Phi) is 4.82. The first-order chi connectivity index (χ1) is 4.66. The van der Waals surface area contributed by atoms with Gasteiger partial charge in [0.1, 0.15) is 0 Å². The molecule has 0 saturated heterocycles. The van der Waals surface area contributed by atoms with E-state index in [9.17, 15) is 4.79 Å². The number of carbonyl (C=O) groups is 1. The van der Waals surface area contributed by atoms with Crippen LogP contribution in [0.5, 0.6) is 0 Å². The summed E-state index contributed by atoms with van der Waals surface area (Å²) in [6, 6.07) is 0. The summed E-state index contributed by atoms with van der Waals surface area (Å²) in [6.07, 6.45) is -1.53. The Morgan fingerprint density at radius 1 is 1.50 bits per heavy atom. The van der Waals surface area contributed by atoms with Crippen LogP contribution in [-0.4, -0.2) is 40.7 Å². The first-order valence-electron chi connectivity index (χ1n) is 2.90. The van der Waals surface area contributed by atoms with Crippen LogP contribution >= 0.6 is 0 Å². The average molecular weight is 149 g/mol. The predicted octanol–water partition coefficient (Wildman–Crippen LogP) is -2.20. The summed E-state index contributed by atoms with van der Waals surface area (Å²) < 4.78 is 0. The molecular weight excluding hydrogens is 138 g/mol. The fraction of sp³-hybridized carbons (Fsp3) is 0.800. The lowest BCUT2D eigenvalue weighted by Crippen LogP contribution is -2.32. The second kappa shape index (κ2) is 5.16. The molecule has 0 aromatic heterocycles. The van der Waals surface area contributed by atoms with E-state index in [-0.39, 0.29) is 19.6 Å². The van der Waals surface area contributed by atoms with Crippen LogP contribution in [-0.2, 0) is 4.79 Å². The van der Waals surface area contributed by atoms with Crippen LogP contribution in [0.2, 0.25) is 0 Å². The zero-order valence-electron chi connectivity index (χ0n) is 5.45. The van der Waals surface area contributed by atoms with Crippen LogP contribution in [0.25, 0.3) is 0 Å². The van der Waals surface area contributed by atoms with Crippen LogP contribution in [0.15, 0.2) is 0 Å². The predicted molar refractivity (Wildman–Crippen MR) is 32.9 cm³/mol. The molecule has 60 valence electrons. The van der Waals surface area contributed by atoms with Crippen LogP contribution in [0.1, 0.15) is 6.42 Å². The first-order valence-corrected chi connectivity index (χ1v) is 2.90. The Bertz CT molecular complexity index is 104. The number of aliphatic hydroxyl groups excluding tert-OH is 2. The van der Waals surface area contributed by atoms with Gasteiger partial charge >= 0.3 is 0 Å². The third-order valence-electron chi connectivity index (χ3n) is 0.821. The summed E-state index contributed by atoms with van der Waals surface area (Å²) in [6.45, 7) is -0.424. The molecule has 0 atom stereocenters. The van der Waals surface area contributed by atoms with E-state index in [0.29, 0.717) is 0 Å². The van der Waals surface area contributed by atoms with Gasteiger partial charge in [0.05, 0.1) is 13.2 Å². The summed E-state index contributed by atoms with van der Waals surface area (Å²) in [7, 11) is 0. The molecule has 0 aliphatic heterocycles.